The number of hydrogen-bond donors (Lipinski definition) is 1. The van der Waals surface area contributed by atoms with Crippen molar-refractivity contribution in [1.29, 1.82) is 0 Å². The molecule has 1 aliphatic heterocycles. The van der Waals surface area contributed by atoms with E-state index in [-0.39, 0.29) is 5.54 Å². The molecule has 116 valence electrons. The maximum absolute atomic E-state index is 6.26. The van der Waals surface area contributed by atoms with Crippen LogP contribution < -0.4 is 5.73 Å². The lowest BCUT2D eigenvalue weighted by molar-refractivity contribution is 0.0954. The minimum Gasteiger partial charge on any atom is -0.329 e. The Morgan fingerprint density at radius 1 is 1.38 bits per heavy atom. The first kappa shape index (κ1) is 14.9. The van der Waals surface area contributed by atoms with Gasteiger partial charge < -0.3 is 5.73 Å². The van der Waals surface area contributed by atoms with Crippen LogP contribution in [0.15, 0.2) is 24.5 Å². The number of likely N-dealkylation sites (N-methyl/N-ethyl adjacent to an activating group) is 1. The molecule has 21 heavy (non-hydrogen) atoms. The zero-order valence-electron chi connectivity index (χ0n) is 13.3. The van der Waals surface area contributed by atoms with E-state index in [1.165, 1.54) is 24.8 Å². The number of aromatic nitrogens is 1. The summed E-state index contributed by atoms with van der Waals surface area (Å²) in [7, 11) is 0. The fourth-order valence-corrected chi connectivity index (χ4v) is 3.95. The lowest BCUT2D eigenvalue weighted by Gasteiger charge is -2.40. The first-order valence-electron chi connectivity index (χ1n) is 8.28. The molecular formula is C17H28N4. The summed E-state index contributed by atoms with van der Waals surface area (Å²) in [5, 5.41) is 0. The van der Waals surface area contributed by atoms with Crippen LogP contribution in [0.1, 0.15) is 38.7 Å². The number of nitrogens with two attached hydrogens (primary N) is 1. The molecule has 1 aromatic heterocycles. The highest BCUT2D eigenvalue weighted by Crippen LogP contribution is 2.39. The van der Waals surface area contributed by atoms with Gasteiger partial charge in [0.15, 0.2) is 0 Å². The monoisotopic (exact) mass is 288 g/mol. The van der Waals surface area contributed by atoms with E-state index in [0.29, 0.717) is 6.04 Å². The van der Waals surface area contributed by atoms with Crippen LogP contribution in [0.4, 0.5) is 0 Å². The van der Waals surface area contributed by atoms with Gasteiger partial charge in [0.25, 0.3) is 0 Å². The zero-order valence-corrected chi connectivity index (χ0v) is 13.3. The molecule has 1 saturated carbocycles. The molecule has 2 aliphatic rings. The van der Waals surface area contributed by atoms with E-state index in [1.54, 1.807) is 0 Å². The highest BCUT2D eigenvalue weighted by atomic mass is 15.3. The van der Waals surface area contributed by atoms with Gasteiger partial charge in [0.2, 0.25) is 0 Å². The summed E-state index contributed by atoms with van der Waals surface area (Å²) in [4.78, 5) is 9.40. The molecule has 4 heteroatoms. The van der Waals surface area contributed by atoms with Gasteiger partial charge in [-0.05, 0) is 50.4 Å². The molecule has 0 amide bonds. The highest BCUT2D eigenvalue weighted by molar-refractivity contribution is 5.13. The normalized spacial score (nSPS) is 30.2. The molecule has 1 aromatic rings. The van der Waals surface area contributed by atoms with Crippen LogP contribution in [0.2, 0.25) is 0 Å². The van der Waals surface area contributed by atoms with Gasteiger partial charge in [-0.3, -0.25) is 14.8 Å². The van der Waals surface area contributed by atoms with Gasteiger partial charge in [-0.2, -0.15) is 0 Å². The van der Waals surface area contributed by atoms with E-state index in [4.69, 9.17) is 5.73 Å². The van der Waals surface area contributed by atoms with Crippen LogP contribution in [-0.2, 0) is 6.54 Å². The predicted molar refractivity (Wildman–Crippen MR) is 85.9 cm³/mol. The third kappa shape index (κ3) is 2.98. The summed E-state index contributed by atoms with van der Waals surface area (Å²) in [5.41, 5.74) is 7.73. The largest absolute Gasteiger partial charge is 0.329 e. The summed E-state index contributed by atoms with van der Waals surface area (Å²) in [6.07, 6.45) is 7.71. The van der Waals surface area contributed by atoms with Crippen molar-refractivity contribution in [2.24, 2.45) is 5.73 Å². The second kappa shape index (κ2) is 6.03. The van der Waals surface area contributed by atoms with Crippen LogP contribution in [0.5, 0.6) is 0 Å². The van der Waals surface area contributed by atoms with Crippen molar-refractivity contribution in [2.45, 2.75) is 57.3 Å². The maximum Gasteiger partial charge on any atom is 0.0476 e. The van der Waals surface area contributed by atoms with Gasteiger partial charge in [0, 0.05) is 49.7 Å². The van der Waals surface area contributed by atoms with E-state index >= 15 is 0 Å². The molecule has 3 rings (SSSR count). The van der Waals surface area contributed by atoms with E-state index in [2.05, 4.69) is 40.8 Å². The summed E-state index contributed by atoms with van der Waals surface area (Å²) in [6.45, 7) is 8.53. The van der Waals surface area contributed by atoms with Crippen LogP contribution in [0.3, 0.4) is 0 Å². The Labute approximate surface area is 128 Å². The van der Waals surface area contributed by atoms with E-state index in [9.17, 15) is 0 Å². The minimum absolute atomic E-state index is 0.139. The quantitative estimate of drug-likeness (QED) is 0.868. The second-order valence-electron chi connectivity index (χ2n) is 6.75. The molecule has 1 saturated heterocycles. The SMILES string of the molecule is CCN(Cc1ccncc1)C1(CN)CC(C)N(C2CC2)C1. The molecule has 1 aliphatic carbocycles. The van der Waals surface area contributed by atoms with Crippen molar-refractivity contribution >= 4 is 0 Å². The van der Waals surface area contributed by atoms with Gasteiger partial charge in [-0.25, -0.2) is 0 Å². The molecule has 2 N–H and O–H groups in total. The zero-order chi connectivity index (χ0) is 14.9. The Hall–Kier alpha value is -0.970. The third-order valence-corrected chi connectivity index (χ3v) is 5.29. The van der Waals surface area contributed by atoms with Gasteiger partial charge in [0.05, 0.1) is 0 Å². The van der Waals surface area contributed by atoms with Crippen LogP contribution >= 0.6 is 0 Å². The van der Waals surface area contributed by atoms with Crippen molar-refractivity contribution in [2.75, 3.05) is 19.6 Å². The standard InChI is InChI=1S/C17H28N4/c1-3-20(11-15-6-8-19-9-7-15)17(12-18)10-14(2)21(13-17)16-4-5-16/h6-9,14,16H,3-5,10-13,18H2,1-2H3. The number of hydrogen-bond acceptors (Lipinski definition) is 4. The molecule has 2 fully saturated rings. The van der Waals surface area contributed by atoms with E-state index < -0.39 is 0 Å². The lowest BCUT2D eigenvalue weighted by atomic mass is 9.93. The average molecular weight is 288 g/mol. The summed E-state index contributed by atoms with van der Waals surface area (Å²) in [6, 6.07) is 5.72. The molecule has 0 aromatic carbocycles. The van der Waals surface area contributed by atoms with E-state index in [1.807, 2.05) is 12.4 Å². The number of pyridine rings is 1. The first-order valence-corrected chi connectivity index (χ1v) is 8.28. The lowest BCUT2D eigenvalue weighted by Crippen LogP contribution is -2.55. The molecule has 0 spiro atoms. The topological polar surface area (TPSA) is 45.4 Å². The Kier molecular flexibility index (Phi) is 4.29. The van der Waals surface area contributed by atoms with Crippen molar-refractivity contribution in [3.05, 3.63) is 30.1 Å². The van der Waals surface area contributed by atoms with E-state index in [0.717, 1.165) is 32.2 Å². The fourth-order valence-electron chi connectivity index (χ4n) is 3.95. The highest BCUT2D eigenvalue weighted by Gasteiger charge is 2.48. The number of likely N-dealkylation sites (tertiary alicyclic amines) is 1. The van der Waals surface area contributed by atoms with Gasteiger partial charge in [0.1, 0.15) is 0 Å². The molecule has 0 radical (unpaired) electrons. The van der Waals surface area contributed by atoms with Crippen LogP contribution in [0, 0.1) is 0 Å². The Morgan fingerprint density at radius 2 is 2.10 bits per heavy atom. The molecule has 2 atom stereocenters. The Balaban J connectivity index is 1.76. The summed E-state index contributed by atoms with van der Waals surface area (Å²) in [5.74, 6) is 0. The minimum atomic E-state index is 0.139. The second-order valence-corrected chi connectivity index (χ2v) is 6.75. The van der Waals surface area contributed by atoms with Crippen molar-refractivity contribution in [3.63, 3.8) is 0 Å². The number of rotatable bonds is 6. The maximum atomic E-state index is 6.26. The van der Waals surface area contributed by atoms with Gasteiger partial charge >= 0.3 is 0 Å². The predicted octanol–water partition coefficient (Wildman–Crippen LogP) is 1.86. The van der Waals surface area contributed by atoms with Crippen molar-refractivity contribution in [3.8, 4) is 0 Å². The third-order valence-electron chi connectivity index (χ3n) is 5.29. The molecule has 4 nitrogen and oxygen atoms in total. The van der Waals surface area contributed by atoms with Crippen molar-refractivity contribution in [1.82, 2.24) is 14.8 Å². The Bertz CT molecular complexity index is 459. The first-order chi connectivity index (χ1) is 10.2. The van der Waals surface area contributed by atoms with Gasteiger partial charge in [-0.15, -0.1) is 0 Å². The summed E-state index contributed by atoms with van der Waals surface area (Å²) < 4.78 is 0. The average Bonchev–Trinajstić information content (AvgIpc) is 3.30. The summed E-state index contributed by atoms with van der Waals surface area (Å²) >= 11 is 0. The fraction of sp³-hybridized carbons (Fsp3) is 0.706. The smallest absolute Gasteiger partial charge is 0.0476 e. The number of nitrogens with zero attached hydrogens (tertiary/aromatic N) is 3. The molecule has 2 heterocycles. The van der Waals surface area contributed by atoms with Crippen LogP contribution in [0.25, 0.3) is 0 Å². The van der Waals surface area contributed by atoms with Crippen LogP contribution in [-0.4, -0.2) is 52.0 Å². The molecule has 2 unspecified atom stereocenters. The van der Waals surface area contributed by atoms with Crippen molar-refractivity contribution < 1.29 is 0 Å². The Morgan fingerprint density at radius 3 is 2.67 bits per heavy atom. The van der Waals surface area contributed by atoms with Gasteiger partial charge in [-0.1, -0.05) is 6.92 Å². The molecule has 0 bridgehead atoms. The molecular weight excluding hydrogens is 260 g/mol.